The molecule has 0 saturated heterocycles. The summed E-state index contributed by atoms with van der Waals surface area (Å²) in [5.41, 5.74) is 6.72. The van der Waals surface area contributed by atoms with Gasteiger partial charge in [0.15, 0.2) is 0 Å². The molecule has 0 fully saturated rings. The Bertz CT molecular complexity index is 1050. The minimum atomic E-state index is -4.46. The van der Waals surface area contributed by atoms with Gasteiger partial charge < -0.3 is 5.73 Å². The first-order chi connectivity index (χ1) is 11.4. The monoisotopic (exact) mass is 369 g/mol. The number of hydrogen-bond acceptors (Lipinski definition) is 5. The van der Waals surface area contributed by atoms with Gasteiger partial charge in [-0.25, -0.2) is 4.39 Å². The fourth-order valence-electron chi connectivity index (χ4n) is 2.27. The second kappa shape index (κ2) is 7.59. The molecule has 3 rings (SSSR count). The zero-order chi connectivity index (χ0) is 17.3. The van der Waals surface area contributed by atoms with Gasteiger partial charge in [0.2, 0.25) is 0 Å². The van der Waals surface area contributed by atoms with Crippen molar-refractivity contribution in [3.05, 3.63) is 60.4 Å². The van der Waals surface area contributed by atoms with Crippen LogP contribution in [0, 0.1) is 5.82 Å². The van der Waals surface area contributed by atoms with Crippen LogP contribution in [0.15, 0.2) is 69.7 Å². The molecule has 3 aromatic rings. The first-order valence-electron chi connectivity index (χ1n) is 6.82. The number of nitrogens with zero attached hydrogens (tertiary/aromatic N) is 2. The molecular weight excluding hydrogens is 356 g/mol. The van der Waals surface area contributed by atoms with E-state index in [1.807, 2.05) is 0 Å². The van der Waals surface area contributed by atoms with Gasteiger partial charge in [-0.3, -0.25) is 4.55 Å². The Morgan fingerprint density at radius 3 is 2.16 bits per heavy atom. The number of nitrogen functional groups attached to an aromatic ring is 1. The van der Waals surface area contributed by atoms with Crippen molar-refractivity contribution in [3.8, 4) is 0 Å². The number of hydrogen-bond donors (Lipinski definition) is 2. The molecule has 6 nitrogen and oxygen atoms in total. The standard InChI is InChI=1S/C16H12FN3O3S.Na.H/c17-10-5-7-11(8-6-10)19-20-14-9-15(24(21,22)23)12-3-1-2-4-13(12)16(14)18;;/h1-9H,18H2,(H,21,22,23);;. The van der Waals surface area contributed by atoms with Crippen LogP contribution >= 0.6 is 0 Å². The molecule has 0 spiro atoms. The van der Waals surface area contributed by atoms with Crippen molar-refractivity contribution >= 4 is 67.5 Å². The van der Waals surface area contributed by atoms with Crippen molar-refractivity contribution in [1.82, 2.24) is 0 Å². The summed E-state index contributed by atoms with van der Waals surface area (Å²) in [5, 5.41) is 8.56. The van der Waals surface area contributed by atoms with Crippen LogP contribution in [0.1, 0.15) is 0 Å². The first kappa shape index (κ1) is 19.5. The molecule has 0 aromatic heterocycles. The van der Waals surface area contributed by atoms with Gasteiger partial charge in [0, 0.05) is 10.8 Å². The summed E-state index contributed by atoms with van der Waals surface area (Å²) in [4.78, 5) is -0.305. The van der Waals surface area contributed by atoms with Crippen LogP contribution in [-0.2, 0) is 10.1 Å². The van der Waals surface area contributed by atoms with Crippen molar-refractivity contribution in [1.29, 1.82) is 0 Å². The zero-order valence-corrected chi connectivity index (χ0v) is 13.0. The second-order valence-electron chi connectivity index (χ2n) is 5.00. The fourth-order valence-corrected chi connectivity index (χ4v) is 2.98. The average Bonchev–Trinajstić information content (AvgIpc) is 2.55. The molecule has 0 atom stereocenters. The van der Waals surface area contributed by atoms with E-state index in [0.29, 0.717) is 16.5 Å². The molecule has 124 valence electrons. The fraction of sp³-hybridized carbons (Fsp3) is 0. The molecule has 3 N–H and O–H groups in total. The maximum atomic E-state index is 12.9. The molecule has 0 radical (unpaired) electrons. The molecule has 0 bridgehead atoms. The van der Waals surface area contributed by atoms with Gasteiger partial charge in [0.25, 0.3) is 10.1 Å². The summed E-state index contributed by atoms with van der Waals surface area (Å²) in [7, 11) is -4.46. The van der Waals surface area contributed by atoms with Gasteiger partial charge in [-0.05, 0) is 30.3 Å². The van der Waals surface area contributed by atoms with E-state index in [0.717, 1.165) is 6.07 Å². The van der Waals surface area contributed by atoms with Crippen LogP contribution in [-0.4, -0.2) is 42.5 Å². The molecule has 0 heterocycles. The van der Waals surface area contributed by atoms with Crippen molar-refractivity contribution < 1.29 is 17.4 Å². The van der Waals surface area contributed by atoms with E-state index in [1.54, 1.807) is 18.2 Å². The van der Waals surface area contributed by atoms with Gasteiger partial charge in [-0.1, -0.05) is 24.3 Å². The van der Waals surface area contributed by atoms with Crippen LogP contribution in [0.5, 0.6) is 0 Å². The van der Waals surface area contributed by atoms with Crippen LogP contribution in [0.3, 0.4) is 0 Å². The Morgan fingerprint density at radius 2 is 1.56 bits per heavy atom. The Hall–Kier alpha value is -1.84. The first-order valence-corrected chi connectivity index (χ1v) is 8.26. The zero-order valence-electron chi connectivity index (χ0n) is 12.2. The second-order valence-corrected chi connectivity index (χ2v) is 6.39. The maximum absolute atomic E-state index is 12.9. The summed E-state index contributed by atoms with van der Waals surface area (Å²) < 4.78 is 45.6. The number of rotatable bonds is 3. The predicted octanol–water partition coefficient (Wildman–Crippen LogP) is 3.57. The summed E-state index contributed by atoms with van der Waals surface area (Å²) in [5.74, 6) is -0.409. The predicted molar refractivity (Wildman–Crippen MR) is 95.9 cm³/mol. The summed E-state index contributed by atoms with van der Waals surface area (Å²) in [6.45, 7) is 0. The molecule has 0 aliphatic heterocycles. The normalized spacial score (nSPS) is 11.6. The SMILES string of the molecule is Nc1c(N=Nc2ccc(F)cc2)cc(S(=O)(=O)O)c2ccccc12.[NaH]. The van der Waals surface area contributed by atoms with E-state index in [2.05, 4.69) is 10.2 Å². The van der Waals surface area contributed by atoms with Gasteiger partial charge >= 0.3 is 29.6 Å². The molecular formula is C16H13FN3NaO3S. The minimum absolute atomic E-state index is 0. The molecule has 25 heavy (non-hydrogen) atoms. The summed E-state index contributed by atoms with van der Waals surface area (Å²) in [6.07, 6.45) is 0. The van der Waals surface area contributed by atoms with E-state index in [9.17, 15) is 17.4 Å². The third-order valence-electron chi connectivity index (χ3n) is 3.40. The van der Waals surface area contributed by atoms with Crippen molar-refractivity contribution in [3.63, 3.8) is 0 Å². The van der Waals surface area contributed by atoms with E-state index < -0.39 is 15.9 Å². The molecule has 0 aliphatic rings. The van der Waals surface area contributed by atoms with Crippen LogP contribution < -0.4 is 5.73 Å². The third-order valence-corrected chi connectivity index (χ3v) is 4.30. The third kappa shape index (κ3) is 4.23. The Morgan fingerprint density at radius 1 is 0.960 bits per heavy atom. The van der Waals surface area contributed by atoms with Crippen molar-refractivity contribution in [2.24, 2.45) is 10.2 Å². The number of nitrogens with two attached hydrogens (primary N) is 1. The van der Waals surface area contributed by atoms with Gasteiger partial charge in [-0.15, -0.1) is 5.11 Å². The van der Waals surface area contributed by atoms with E-state index in [-0.39, 0.29) is 45.8 Å². The molecule has 0 unspecified atom stereocenters. The quantitative estimate of drug-likeness (QED) is 0.319. The van der Waals surface area contributed by atoms with Gasteiger partial charge in [0.1, 0.15) is 16.4 Å². The Labute approximate surface area is 165 Å². The van der Waals surface area contributed by atoms with Crippen LogP contribution in [0.2, 0.25) is 0 Å². The van der Waals surface area contributed by atoms with Crippen LogP contribution in [0.25, 0.3) is 10.8 Å². The van der Waals surface area contributed by atoms with Gasteiger partial charge in [0.05, 0.1) is 11.4 Å². The van der Waals surface area contributed by atoms with Crippen LogP contribution in [0.4, 0.5) is 21.5 Å². The molecule has 0 amide bonds. The molecule has 0 saturated carbocycles. The number of azo groups is 1. The molecule has 3 aromatic carbocycles. The van der Waals surface area contributed by atoms with Gasteiger partial charge in [-0.2, -0.15) is 13.5 Å². The van der Waals surface area contributed by atoms with Crippen molar-refractivity contribution in [2.45, 2.75) is 4.90 Å². The number of anilines is 1. The summed E-state index contributed by atoms with van der Waals surface area (Å²) in [6, 6.07) is 12.9. The van der Waals surface area contributed by atoms with E-state index >= 15 is 0 Å². The average molecular weight is 369 g/mol. The Balaban J connectivity index is 0.00000225. The number of halogens is 1. The van der Waals surface area contributed by atoms with Crippen molar-refractivity contribution in [2.75, 3.05) is 5.73 Å². The number of fused-ring (bicyclic) bond motifs is 1. The Kier molecular flexibility index (Phi) is 5.91. The molecule has 0 aliphatic carbocycles. The number of benzene rings is 3. The van der Waals surface area contributed by atoms with E-state index in [1.165, 1.54) is 30.3 Å². The van der Waals surface area contributed by atoms with E-state index in [4.69, 9.17) is 5.73 Å². The summed E-state index contributed by atoms with van der Waals surface area (Å²) >= 11 is 0. The molecule has 9 heteroatoms. The topological polar surface area (TPSA) is 105 Å².